The number of carbonyl (C=O) groups is 1. The first-order valence-electron chi connectivity index (χ1n) is 6.95. The lowest BCUT2D eigenvalue weighted by Crippen LogP contribution is -2.39. The Balaban J connectivity index is 2.84. The Bertz CT molecular complexity index is 415. The highest BCUT2D eigenvalue weighted by atomic mass is 28.3. The molecule has 0 aliphatic rings. The monoisotopic (exact) mass is 277 g/mol. The predicted molar refractivity (Wildman–Crippen MR) is 86.2 cm³/mol. The molecule has 0 aliphatic heterocycles. The lowest BCUT2D eigenvalue weighted by molar-refractivity contribution is -0.116. The summed E-state index contributed by atoms with van der Waals surface area (Å²) in [6.07, 6.45) is 0.946. The molecule has 2 nitrogen and oxygen atoms in total. The molecule has 3 heteroatoms. The minimum Gasteiger partial charge on any atom is -0.326 e. The van der Waals surface area contributed by atoms with Crippen molar-refractivity contribution < 1.29 is 4.79 Å². The van der Waals surface area contributed by atoms with Crippen molar-refractivity contribution in [3.8, 4) is 0 Å². The van der Waals surface area contributed by atoms with Crippen LogP contribution in [-0.2, 0) is 4.79 Å². The van der Waals surface area contributed by atoms with Gasteiger partial charge in [0.15, 0.2) is 0 Å². The van der Waals surface area contributed by atoms with Gasteiger partial charge < -0.3 is 5.32 Å². The van der Waals surface area contributed by atoms with Gasteiger partial charge in [-0.25, -0.2) is 0 Å². The van der Waals surface area contributed by atoms with Gasteiger partial charge in [-0.05, 0) is 24.0 Å². The number of anilines is 1. The van der Waals surface area contributed by atoms with Crippen LogP contribution in [0.15, 0.2) is 30.3 Å². The first-order chi connectivity index (χ1) is 8.59. The van der Waals surface area contributed by atoms with Gasteiger partial charge in [-0.3, -0.25) is 4.79 Å². The Labute approximate surface area is 118 Å². The van der Waals surface area contributed by atoms with Gasteiger partial charge in [0, 0.05) is 11.2 Å². The Morgan fingerprint density at radius 1 is 1.16 bits per heavy atom. The molecular weight excluding hydrogens is 250 g/mol. The first kappa shape index (κ1) is 16.0. The third-order valence-electron chi connectivity index (χ3n) is 3.22. The molecule has 0 heterocycles. The Morgan fingerprint density at radius 2 is 1.68 bits per heavy atom. The third-order valence-corrected chi connectivity index (χ3v) is 5.78. The molecule has 0 saturated carbocycles. The molecule has 0 radical (unpaired) electrons. The second-order valence-electron chi connectivity index (χ2n) is 7.54. The van der Waals surface area contributed by atoms with Crippen LogP contribution in [0.1, 0.15) is 27.2 Å². The van der Waals surface area contributed by atoms with Crippen LogP contribution in [0.2, 0.25) is 25.2 Å². The zero-order valence-corrected chi connectivity index (χ0v) is 14.1. The molecule has 0 aromatic heterocycles. The molecule has 0 spiro atoms. The molecule has 0 aliphatic carbocycles. The van der Waals surface area contributed by atoms with E-state index in [1.54, 1.807) is 0 Å². The van der Waals surface area contributed by atoms with Gasteiger partial charge in [0.2, 0.25) is 5.91 Å². The van der Waals surface area contributed by atoms with Crippen LogP contribution in [0, 0.1) is 5.41 Å². The van der Waals surface area contributed by atoms with Crippen molar-refractivity contribution in [2.45, 2.75) is 52.4 Å². The largest absolute Gasteiger partial charge is 0.326 e. The highest BCUT2D eigenvalue weighted by Gasteiger charge is 2.35. The summed E-state index contributed by atoms with van der Waals surface area (Å²) in [6, 6.07) is 9.74. The van der Waals surface area contributed by atoms with Crippen molar-refractivity contribution in [3.05, 3.63) is 30.3 Å². The Morgan fingerprint density at radius 3 is 2.11 bits per heavy atom. The lowest BCUT2D eigenvalue weighted by Gasteiger charge is -2.33. The number of rotatable bonds is 4. The number of benzene rings is 1. The molecule has 1 atom stereocenters. The fourth-order valence-electron chi connectivity index (χ4n) is 2.16. The van der Waals surface area contributed by atoms with Crippen LogP contribution >= 0.6 is 0 Å². The number of carbonyl (C=O) groups excluding carboxylic acids is 1. The van der Waals surface area contributed by atoms with Gasteiger partial charge >= 0.3 is 0 Å². The summed E-state index contributed by atoms with van der Waals surface area (Å²) in [7, 11) is -1.53. The fraction of sp³-hybridized carbons (Fsp3) is 0.562. The molecule has 1 amide bonds. The average molecular weight is 277 g/mol. The second kappa shape index (κ2) is 5.91. The van der Waals surface area contributed by atoms with Gasteiger partial charge in [0.05, 0.1) is 8.07 Å². The SMILES string of the molecule is CC(C)(C)CC(C(=O)Nc1ccccc1)[Si](C)(C)C. The first-order valence-corrected chi connectivity index (χ1v) is 10.5. The molecular formula is C16H27NOSi. The van der Waals surface area contributed by atoms with Crippen LogP contribution in [0.25, 0.3) is 0 Å². The van der Waals surface area contributed by atoms with Crippen LogP contribution < -0.4 is 5.32 Å². The van der Waals surface area contributed by atoms with Crippen LogP contribution in [0.4, 0.5) is 5.69 Å². The average Bonchev–Trinajstić information content (AvgIpc) is 2.24. The molecule has 0 bridgehead atoms. The number of hydrogen-bond acceptors (Lipinski definition) is 1. The van der Waals surface area contributed by atoms with E-state index in [2.05, 4.69) is 45.7 Å². The molecule has 1 aromatic rings. The van der Waals surface area contributed by atoms with E-state index in [0.29, 0.717) is 0 Å². The summed E-state index contributed by atoms with van der Waals surface area (Å²) in [4.78, 5) is 12.6. The zero-order valence-electron chi connectivity index (χ0n) is 13.1. The quantitative estimate of drug-likeness (QED) is 0.789. The van der Waals surface area contributed by atoms with E-state index in [-0.39, 0.29) is 16.9 Å². The van der Waals surface area contributed by atoms with Gasteiger partial charge in [-0.15, -0.1) is 0 Å². The number of hydrogen-bond donors (Lipinski definition) is 1. The molecule has 1 rings (SSSR count). The van der Waals surface area contributed by atoms with Crippen molar-refractivity contribution >= 4 is 19.7 Å². The van der Waals surface area contributed by atoms with Crippen LogP contribution in [-0.4, -0.2) is 14.0 Å². The van der Waals surface area contributed by atoms with Crippen molar-refractivity contribution in [2.24, 2.45) is 5.41 Å². The molecule has 1 unspecified atom stereocenters. The maximum absolute atomic E-state index is 12.6. The molecule has 19 heavy (non-hydrogen) atoms. The van der Waals surface area contributed by atoms with Gasteiger partial charge in [-0.2, -0.15) is 0 Å². The summed E-state index contributed by atoms with van der Waals surface area (Å²) in [6.45, 7) is 13.4. The lowest BCUT2D eigenvalue weighted by atomic mass is 9.90. The van der Waals surface area contributed by atoms with E-state index in [4.69, 9.17) is 0 Å². The van der Waals surface area contributed by atoms with Gasteiger partial charge in [0.25, 0.3) is 0 Å². The summed E-state index contributed by atoms with van der Waals surface area (Å²) >= 11 is 0. The maximum Gasteiger partial charge on any atom is 0.224 e. The molecule has 0 saturated heterocycles. The van der Waals surface area contributed by atoms with Gasteiger partial charge in [0.1, 0.15) is 0 Å². The highest BCUT2D eigenvalue weighted by molar-refractivity contribution is 6.80. The smallest absolute Gasteiger partial charge is 0.224 e. The predicted octanol–water partition coefficient (Wildman–Crippen LogP) is 4.77. The number of nitrogens with one attached hydrogen (secondary N) is 1. The van der Waals surface area contributed by atoms with Crippen molar-refractivity contribution in [1.82, 2.24) is 0 Å². The Hall–Kier alpha value is -1.09. The molecule has 1 N–H and O–H groups in total. The van der Waals surface area contributed by atoms with Crippen molar-refractivity contribution in [1.29, 1.82) is 0 Å². The molecule has 106 valence electrons. The minimum atomic E-state index is -1.53. The highest BCUT2D eigenvalue weighted by Crippen LogP contribution is 2.35. The van der Waals surface area contributed by atoms with E-state index >= 15 is 0 Å². The summed E-state index contributed by atoms with van der Waals surface area (Å²) in [5.41, 5.74) is 1.22. The van der Waals surface area contributed by atoms with Crippen molar-refractivity contribution in [2.75, 3.05) is 5.32 Å². The van der Waals surface area contributed by atoms with E-state index < -0.39 is 8.07 Å². The molecule has 1 aromatic carbocycles. The summed E-state index contributed by atoms with van der Waals surface area (Å²) < 4.78 is 0. The normalized spacial score (nSPS) is 14.0. The summed E-state index contributed by atoms with van der Waals surface area (Å²) in [5, 5.41) is 3.07. The van der Waals surface area contributed by atoms with E-state index in [1.807, 2.05) is 30.3 Å². The molecule has 0 fully saturated rings. The van der Waals surface area contributed by atoms with Crippen molar-refractivity contribution in [3.63, 3.8) is 0 Å². The van der Waals surface area contributed by atoms with Crippen LogP contribution in [0.3, 0.4) is 0 Å². The standard InChI is InChI=1S/C16H27NOSi/c1-16(2,3)12-14(19(4,5)6)15(18)17-13-10-8-7-9-11-13/h7-11,14H,12H2,1-6H3,(H,17,18). The number of amides is 1. The topological polar surface area (TPSA) is 29.1 Å². The van der Waals surface area contributed by atoms with E-state index in [9.17, 15) is 4.79 Å². The minimum absolute atomic E-state index is 0.146. The van der Waals surface area contributed by atoms with Gasteiger partial charge in [-0.1, -0.05) is 58.6 Å². The van der Waals surface area contributed by atoms with E-state index in [0.717, 1.165) is 12.1 Å². The fourth-order valence-corrected chi connectivity index (χ4v) is 4.24. The Kier molecular flexibility index (Phi) is 4.96. The zero-order chi connectivity index (χ0) is 14.7. The number of para-hydroxylation sites is 1. The van der Waals surface area contributed by atoms with Crippen LogP contribution in [0.5, 0.6) is 0 Å². The third kappa shape index (κ3) is 5.60. The second-order valence-corrected chi connectivity index (χ2v) is 13.0. The maximum atomic E-state index is 12.6. The summed E-state index contributed by atoms with van der Waals surface area (Å²) in [5.74, 6) is 0.181. The van der Waals surface area contributed by atoms with E-state index in [1.165, 1.54) is 0 Å².